The van der Waals surface area contributed by atoms with E-state index in [2.05, 4.69) is 10.3 Å². The lowest BCUT2D eigenvalue weighted by molar-refractivity contribution is -0.118. The van der Waals surface area contributed by atoms with Crippen LogP contribution in [0.15, 0.2) is 17.1 Å². The molecule has 0 spiro atoms. The second-order valence-corrected chi connectivity index (χ2v) is 2.17. The molecule has 0 saturated heterocycles. The Morgan fingerprint density at radius 1 is 1.67 bits per heavy atom. The van der Waals surface area contributed by atoms with Crippen molar-refractivity contribution >= 4 is 11.7 Å². The maximum absolute atomic E-state index is 10.8. The van der Waals surface area contributed by atoms with Crippen molar-refractivity contribution in [2.45, 2.75) is 13.3 Å². The molecule has 0 aliphatic carbocycles. The first-order chi connectivity index (χ1) is 5.74. The predicted molar refractivity (Wildman–Crippen MR) is 50.0 cm³/mol. The van der Waals surface area contributed by atoms with Gasteiger partial charge in [0, 0.05) is 7.05 Å². The summed E-state index contributed by atoms with van der Waals surface area (Å²) in [5.74, 6) is 0.323. The largest absolute Gasteiger partial charge is 0.322 e. The third-order valence-corrected chi connectivity index (χ3v) is 1.21. The van der Waals surface area contributed by atoms with Crippen LogP contribution in [0, 0.1) is 0 Å². The van der Waals surface area contributed by atoms with Gasteiger partial charge in [-0.05, 0) is 12.5 Å². The number of hydrogen-bond acceptors (Lipinski definition) is 3. The van der Waals surface area contributed by atoms with Crippen LogP contribution in [0.1, 0.15) is 13.3 Å². The van der Waals surface area contributed by atoms with Crippen molar-refractivity contribution in [2.75, 3.05) is 13.6 Å². The van der Waals surface area contributed by atoms with Gasteiger partial charge in [0.2, 0.25) is 5.91 Å². The van der Waals surface area contributed by atoms with Gasteiger partial charge in [-0.15, -0.1) is 0 Å². The lowest BCUT2D eigenvalue weighted by atomic mass is 10.4. The molecule has 0 heterocycles. The van der Waals surface area contributed by atoms with Crippen LogP contribution < -0.4 is 11.1 Å². The normalized spacial score (nSPS) is 12.1. The van der Waals surface area contributed by atoms with E-state index < -0.39 is 0 Å². The first kappa shape index (κ1) is 10.8. The van der Waals surface area contributed by atoms with Gasteiger partial charge in [0.25, 0.3) is 0 Å². The maximum Gasteiger partial charge on any atom is 0.239 e. The number of aliphatic imine (C=N–C) groups is 1. The Hall–Kier alpha value is -1.16. The van der Waals surface area contributed by atoms with Crippen molar-refractivity contribution in [3.05, 3.63) is 12.2 Å². The summed E-state index contributed by atoms with van der Waals surface area (Å²) in [6.45, 7) is 1.99. The number of nitrogens with zero attached hydrogens (tertiary/aromatic N) is 1. The van der Waals surface area contributed by atoms with E-state index in [-0.39, 0.29) is 12.5 Å². The number of carbonyl (C=O) groups excluding carboxylic acids is 1. The van der Waals surface area contributed by atoms with Crippen LogP contribution in [0.25, 0.3) is 0 Å². The third kappa shape index (κ3) is 4.62. The zero-order valence-corrected chi connectivity index (χ0v) is 7.50. The fraction of sp³-hybridized carbons (Fsp3) is 0.500. The third-order valence-electron chi connectivity index (χ3n) is 1.21. The first-order valence-electron chi connectivity index (χ1n) is 3.87. The predicted octanol–water partition coefficient (Wildman–Crippen LogP) is 0.0558. The zero-order chi connectivity index (χ0) is 9.40. The number of amides is 1. The van der Waals surface area contributed by atoms with E-state index >= 15 is 0 Å². The minimum atomic E-state index is -0.226. The Morgan fingerprint density at radius 3 is 2.75 bits per heavy atom. The molecule has 0 atom stereocenters. The first-order valence-corrected chi connectivity index (χ1v) is 3.87. The average molecular weight is 169 g/mol. The Balaban J connectivity index is 4.02. The summed E-state index contributed by atoms with van der Waals surface area (Å²) in [5.41, 5.74) is 5.11. The Labute approximate surface area is 72.6 Å². The molecule has 0 aromatic carbocycles. The lowest BCUT2D eigenvalue weighted by Gasteiger charge is -2.00. The van der Waals surface area contributed by atoms with Gasteiger partial charge < -0.3 is 11.1 Å². The van der Waals surface area contributed by atoms with Gasteiger partial charge in [-0.1, -0.05) is 13.0 Å². The Morgan fingerprint density at radius 2 is 2.33 bits per heavy atom. The van der Waals surface area contributed by atoms with Gasteiger partial charge in [0.05, 0.1) is 6.54 Å². The molecule has 0 saturated carbocycles. The van der Waals surface area contributed by atoms with Crippen LogP contribution in [0.3, 0.4) is 0 Å². The smallest absolute Gasteiger partial charge is 0.239 e. The highest BCUT2D eigenvalue weighted by Gasteiger charge is 1.97. The number of amidine groups is 1. The monoisotopic (exact) mass is 169 g/mol. The van der Waals surface area contributed by atoms with Crippen molar-refractivity contribution in [1.29, 1.82) is 0 Å². The summed E-state index contributed by atoms with van der Waals surface area (Å²) in [6.07, 6.45) is 4.59. The summed E-state index contributed by atoms with van der Waals surface area (Å²) >= 11 is 0. The Bertz CT molecular complexity index is 196. The maximum atomic E-state index is 10.8. The van der Waals surface area contributed by atoms with E-state index in [0.29, 0.717) is 5.84 Å². The molecular formula is C8H15N3O. The number of allylic oxidation sites excluding steroid dienone is 1. The summed E-state index contributed by atoms with van der Waals surface area (Å²) in [4.78, 5) is 14.6. The molecule has 68 valence electrons. The van der Waals surface area contributed by atoms with Crippen molar-refractivity contribution in [3.63, 3.8) is 0 Å². The molecule has 4 nitrogen and oxygen atoms in total. The van der Waals surface area contributed by atoms with Crippen LogP contribution >= 0.6 is 0 Å². The van der Waals surface area contributed by atoms with Crippen molar-refractivity contribution in [3.8, 4) is 0 Å². The molecule has 0 radical (unpaired) electrons. The molecule has 0 rings (SSSR count). The van der Waals surface area contributed by atoms with Gasteiger partial charge in [0.15, 0.2) is 0 Å². The van der Waals surface area contributed by atoms with E-state index in [1.165, 1.54) is 0 Å². The summed E-state index contributed by atoms with van der Waals surface area (Å²) in [7, 11) is 1.62. The van der Waals surface area contributed by atoms with Crippen LogP contribution in [-0.2, 0) is 4.79 Å². The number of nitrogens with one attached hydrogen (secondary N) is 1. The average Bonchev–Trinajstić information content (AvgIpc) is 2.11. The molecule has 12 heavy (non-hydrogen) atoms. The number of hydrogen-bond donors (Lipinski definition) is 2. The standard InChI is InChI=1S/C8H15N3O/c1-3-4-5-7(10-2)11-8(12)6-9/h4-5H,3,6,9H2,1-2H3,(H,10,11,12)/b5-4-. The van der Waals surface area contributed by atoms with Gasteiger partial charge in [-0.3, -0.25) is 9.79 Å². The quantitative estimate of drug-likeness (QED) is 0.463. The van der Waals surface area contributed by atoms with E-state index in [1.807, 2.05) is 13.0 Å². The Kier molecular flexibility index (Phi) is 5.91. The molecule has 1 amide bonds. The highest BCUT2D eigenvalue weighted by atomic mass is 16.1. The van der Waals surface area contributed by atoms with Crippen molar-refractivity contribution in [1.82, 2.24) is 5.32 Å². The number of nitrogens with two attached hydrogens (primary N) is 1. The molecule has 0 aliphatic heterocycles. The van der Waals surface area contributed by atoms with E-state index in [9.17, 15) is 4.79 Å². The molecule has 0 aliphatic rings. The fourth-order valence-corrected chi connectivity index (χ4v) is 0.595. The molecule has 0 fully saturated rings. The molecule has 0 aromatic rings. The second-order valence-electron chi connectivity index (χ2n) is 2.17. The van der Waals surface area contributed by atoms with Crippen molar-refractivity contribution < 1.29 is 4.79 Å². The molecule has 0 bridgehead atoms. The highest BCUT2D eigenvalue weighted by Crippen LogP contribution is 1.81. The van der Waals surface area contributed by atoms with Crippen molar-refractivity contribution in [2.24, 2.45) is 10.7 Å². The summed E-state index contributed by atoms with van der Waals surface area (Å²) in [5, 5.41) is 2.55. The molecule has 3 N–H and O–H groups in total. The van der Waals surface area contributed by atoms with Gasteiger partial charge in [-0.2, -0.15) is 0 Å². The van der Waals surface area contributed by atoms with Gasteiger partial charge in [0.1, 0.15) is 5.84 Å². The topological polar surface area (TPSA) is 67.5 Å². The lowest BCUT2D eigenvalue weighted by Crippen LogP contribution is -2.34. The molecule has 4 heteroatoms. The van der Waals surface area contributed by atoms with Crippen LogP contribution in [0.5, 0.6) is 0 Å². The minimum absolute atomic E-state index is 0.0149. The molecule has 0 unspecified atom stereocenters. The zero-order valence-electron chi connectivity index (χ0n) is 7.50. The number of rotatable bonds is 3. The van der Waals surface area contributed by atoms with Crippen LogP contribution in [-0.4, -0.2) is 25.3 Å². The number of carbonyl (C=O) groups is 1. The second kappa shape index (κ2) is 6.54. The highest BCUT2D eigenvalue weighted by molar-refractivity contribution is 6.04. The van der Waals surface area contributed by atoms with Crippen LogP contribution in [0.4, 0.5) is 0 Å². The SMILES string of the molecule is CC/C=C\C(=NC)NC(=O)CN. The van der Waals surface area contributed by atoms with Gasteiger partial charge >= 0.3 is 0 Å². The fourth-order valence-electron chi connectivity index (χ4n) is 0.595. The summed E-state index contributed by atoms with van der Waals surface area (Å²) < 4.78 is 0. The summed E-state index contributed by atoms with van der Waals surface area (Å²) in [6, 6.07) is 0. The molecular weight excluding hydrogens is 154 g/mol. The molecule has 0 aromatic heterocycles. The van der Waals surface area contributed by atoms with E-state index in [0.717, 1.165) is 6.42 Å². The van der Waals surface area contributed by atoms with E-state index in [4.69, 9.17) is 5.73 Å². The van der Waals surface area contributed by atoms with E-state index in [1.54, 1.807) is 13.1 Å². The van der Waals surface area contributed by atoms with Gasteiger partial charge in [-0.25, -0.2) is 0 Å². The minimum Gasteiger partial charge on any atom is -0.322 e. The van der Waals surface area contributed by atoms with Crippen LogP contribution in [0.2, 0.25) is 0 Å².